The smallest absolute Gasteiger partial charge is 0.254 e. The molecule has 29 heavy (non-hydrogen) atoms. The molecular weight excluding hydrogens is 404 g/mol. The molecule has 3 aromatic rings. The molecule has 2 amide bonds. The predicted molar refractivity (Wildman–Crippen MR) is 117 cm³/mol. The Morgan fingerprint density at radius 1 is 1.10 bits per heavy atom. The molecule has 0 saturated carbocycles. The first-order chi connectivity index (χ1) is 14.2. The second kappa shape index (κ2) is 7.78. The molecule has 6 nitrogen and oxygen atoms in total. The van der Waals surface area contributed by atoms with Gasteiger partial charge in [0.15, 0.2) is 0 Å². The molecule has 2 aliphatic rings. The van der Waals surface area contributed by atoms with E-state index in [2.05, 4.69) is 16.3 Å². The van der Waals surface area contributed by atoms with Gasteiger partial charge < -0.3 is 10.2 Å². The monoisotopic (exact) mass is 424 g/mol. The lowest BCUT2D eigenvalue weighted by Crippen LogP contribution is -2.48. The second-order valence-electron chi connectivity index (χ2n) is 7.19. The molecule has 2 aromatic carbocycles. The Bertz CT molecular complexity index is 1060. The third-order valence-electron chi connectivity index (χ3n) is 5.22. The van der Waals surface area contributed by atoms with Crippen molar-refractivity contribution in [2.45, 2.75) is 11.4 Å². The molecule has 0 unspecified atom stereocenters. The Balaban J connectivity index is 1.22. The number of hydrogen-bond acceptors (Lipinski definition) is 6. The van der Waals surface area contributed by atoms with Crippen LogP contribution >= 0.6 is 23.1 Å². The summed E-state index contributed by atoms with van der Waals surface area (Å²) >= 11 is 3.25. The number of rotatable bonds is 3. The number of hydrogen-bond donors (Lipinski definition) is 1. The van der Waals surface area contributed by atoms with Gasteiger partial charge in [-0.1, -0.05) is 12.1 Å². The number of benzene rings is 2. The number of nitrogens with zero attached hydrogens (tertiary/aromatic N) is 3. The summed E-state index contributed by atoms with van der Waals surface area (Å²) in [6.45, 7) is 3.88. The fourth-order valence-electron chi connectivity index (χ4n) is 3.69. The molecule has 1 N–H and O–H groups in total. The van der Waals surface area contributed by atoms with E-state index in [4.69, 9.17) is 4.98 Å². The van der Waals surface area contributed by atoms with Crippen LogP contribution in [0.1, 0.15) is 15.4 Å². The minimum absolute atomic E-state index is 0.0180. The van der Waals surface area contributed by atoms with Crippen LogP contribution in [-0.2, 0) is 11.3 Å². The summed E-state index contributed by atoms with van der Waals surface area (Å²) in [5, 5.41) is 3.98. The molecule has 8 heteroatoms. The number of nitrogens with one attached hydrogen (secondary N) is 1. The molecule has 2 aliphatic heterocycles. The number of piperazine rings is 1. The van der Waals surface area contributed by atoms with Crippen LogP contribution in [-0.4, -0.2) is 58.5 Å². The largest absolute Gasteiger partial charge is 0.336 e. The maximum absolute atomic E-state index is 12.9. The zero-order valence-corrected chi connectivity index (χ0v) is 17.4. The minimum atomic E-state index is -0.0180. The minimum Gasteiger partial charge on any atom is -0.336 e. The summed E-state index contributed by atoms with van der Waals surface area (Å²) in [5.41, 5.74) is 2.43. The first-order valence-corrected chi connectivity index (χ1v) is 11.4. The zero-order valence-electron chi connectivity index (χ0n) is 15.8. The second-order valence-corrected chi connectivity index (χ2v) is 9.32. The molecule has 1 aromatic heterocycles. The molecule has 5 rings (SSSR count). The lowest BCUT2D eigenvalue weighted by molar-refractivity contribution is -0.113. The molecule has 0 radical (unpaired) electrons. The molecule has 0 bridgehead atoms. The molecule has 0 atom stereocenters. The van der Waals surface area contributed by atoms with Crippen molar-refractivity contribution < 1.29 is 9.59 Å². The van der Waals surface area contributed by atoms with E-state index in [0.717, 1.165) is 40.7 Å². The molecule has 1 fully saturated rings. The predicted octanol–water partition coefficient (Wildman–Crippen LogP) is 3.30. The summed E-state index contributed by atoms with van der Waals surface area (Å²) in [7, 11) is 0. The van der Waals surface area contributed by atoms with Crippen molar-refractivity contribution in [3.63, 3.8) is 0 Å². The van der Waals surface area contributed by atoms with Gasteiger partial charge in [-0.25, -0.2) is 4.98 Å². The number of thiazole rings is 1. The van der Waals surface area contributed by atoms with Crippen molar-refractivity contribution in [2.24, 2.45) is 0 Å². The Labute approximate surface area is 176 Å². The fourth-order valence-corrected chi connectivity index (χ4v) is 5.48. The number of amides is 2. The lowest BCUT2D eigenvalue weighted by atomic mass is 10.1. The third-order valence-corrected chi connectivity index (χ3v) is 7.31. The van der Waals surface area contributed by atoms with Gasteiger partial charge in [-0.15, -0.1) is 23.1 Å². The highest BCUT2D eigenvalue weighted by Gasteiger charge is 2.24. The van der Waals surface area contributed by atoms with Gasteiger partial charge in [0.2, 0.25) is 5.91 Å². The summed E-state index contributed by atoms with van der Waals surface area (Å²) in [6, 6.07) is 13.8. The van der Waals surface area contributed by atoms with E-state index >= 15 is 0 Å². The van der Waals surface area contributed by atoms with Gasteiger partial charge in [0.05, 0.1) is 28.2 Å². The van der Waals surface area contributed by atoms with Crippen LogP contribution in [0.15, 0.2) is 47.4 Å². The van der Waals surface area contributed by atoms with Crippen LogP contribution in [0, 0.1) is 0 Å². The van der Waals surface area contributed by atoms with Crippen molar-refractivity contribution in [3.8, 4) is 0 Å². The van der Waals surface area contributed by atoms with E-state index in [-0.39, 0.29) is 11.8 Å². The van der Waals surface area contributed by atoms with E-state index in [1.54, 1.807) is 17.4 Å². The van der Waals surface area contributed by atoms with Gasteiger partial charge in [0.1, 0.15) is 5.01 Å². The van der Waals surface area contributed by atoms with E-state index in [1.165, 1.54) is 16.5 Å². The van der Waals surface area contributed by atoms with Crippen molar-refractivity contribution in [1.82, 2.24) is 14.8 Å². The van der Waals surface area contributed by atoms with Crippen molar-refractivity contribution in [3.05, 3.63) is 53.0 Å². The first kappa shape index (κ1) is 18.6. The van der Waals surface area contributed by atoms with Crippen LogP contribution < -0.4 is 5.32 Å². The summed E-state index contributed by atoms with van der Waals surface area (Å²) in [4.78, 5) is 34.5. The Morgan fingerprint density at radius 2 is 1.93 bits per heavy atom. The van der Waals surface area contributed by atoms with Crippen LogP contribution in [0.5, 0.6) is 0 Å². The Hall–Kier alpha value is -2.42. The highest BCUT2D eigenvalue weighted by atomic mass is 32.2. The number of aromatic nitrogens is 1. The van der Waals surface area contributed by atoms with Gasteiger partial charge in [-0.3, -0.25) is 14.5 Å². The average molecular weight is 425 g/mol. The van der Waals surface area contributed by atoms with Gasteiger partial charge in [-0.05, 0) is 30.3 Å². The van der Waals surface area contributed by atoms with E-state index < -0.39 is 0 Å². The standard InChI is InChI=1S/C21H20N4O2S2/c26-19-13-28-17-6-5-14(11-16(17)22-19)21(27)25-9-7-24(8-10-25)12-20-23-15-3-1-2-4-18(15)29-20/h1-6,11H,7-10,12-13H2,(H,22,26). The van der Waals surface area contributed by atoms with Crippen molar-refractivity contribution >= 4 is 50.8 Å². The third kappa shape index (κ3) is 3.88. The van der Waals surface area contributed by atoms with E-state index in [1.807, 2.05) is 35.2 Å². The normalized spacial score (nSPS) is 17.2. The molecule has 3 heterocycles. The molecular formula is C21H20N4O2S2. The van der Waals surface area contributed by atoms with Crippen LogP contribution in [0.3, 0.4) is 0 Å². The molecule has 148 valence electrons. The Kier molecular flexibility index (Phi) is 4.99. The summed E-state index contributed by atoms with van der Waals surface area (Å²) < 4.78 is 1.22. The van der Waals surface area contributed by atoms with E-state index in [0.29, 0.717) is 24.4 Å². The maximum Gasteiger partial charge on any atom is 0.254 e. The highest BCUT2D eigenvalue weighted by Crippen LogP contribution is 2.32. The molecule has 1 saturated heterocycles. The van der Waals surface area contributed by atoms with Crippen LogP contribution in [0.4, 0.5) is 5.69 Å². The fraction of sp³-hybridized carbons (Fsp3) is 0.286. The maximum atomic E-state index is 12.9. The zero-order chi connectivity index (χ0) is 19.8. The number of thioether (sulfide) groups is 1. The van der Waals surface area contributed by atoms with Crippen LogP contribution in [0.2, 0.25) is 0 Å². The molecule has 0 spiro atoms. The lowest BCUT2D eigenvalue weighted by Gasteiger charge is -2.34. The van der Waals surface area contributed by atoms with Crippen molar-refractivity contribution in [1.29, 1.82) is 0 Å². The van der Waals surface area contributed by atoms with Gasteiger partial charge in [0.25, 0.3) is 5.91 Å². The number of para-hydroxylation sites is 1. The Morgan fingerprint density at radius 3 is 2.76 bits per heavy atom. The van der Waals surface area contributed by atoms with Gasteiger partial charge in [0, 0.05) is 36.6 Å². The van der Waals surface area contributed by atoms with Gasteiger partial charge in [-0.2, -0.15) is 0 Å². The van der Waals surface area contributed by atoms with Crippen molar-refractivity contribution in [2.75, 3.05) is 37.2 Å². The van der Waals surface area contributed by atoms with E-state index in [9.17, 15) is 9.59 Å². The molecule has 0 aliphatic carbocycles. The van der Waals surface area contributed by atoms with Crippen LogP contribution in [0.25, 0.3) is 10.2 Å². The number of anilines is 1. The SMILES string of the molecule is O=C1CSc2ccc(C(=O)N3CCN(Cc4nc5ccccc5s4)CC3)cc2N1. The highest BCUT2D eigenvalue weighted by molar-refractivity contribution is 8.00. The summed E-state index contributed by atoms with van der Waals surface area (Å²) in [5.74, 6) is 0.435. The summed E-state index contributed by atoms with van der Waals surface area (Å²) in [6.07, 6.45) is 0. The van der Waals surface area contributed by atoms with Gasteiger partial charge >= 0.3 is 0 Å². The topological polar surface area (TPSA) is 65.5 Å². The first-order valence-electron chi connectivity index (χ1n) is 9.58. The number of carbonyl (C=O) groups is 2. The number of fused-ring (bicyclic) bond motifs is 2. The number of carbonyl (C=O) groups excluding carboxylic acids is 2. The quantitative estimate of drug-likeness (QED) is 0.699. The average Bonchev–Trinajstić information content (AvgIpc) is 3.15.